The molecule has 0 radical (unpaired) electrons. The maximum Gasteiger partial charge on any atom is 0.292 e. The summed E-state index contributed by atoms with van der Waals surface area (Å²) in [5, 5.41) is 7.38. The molecule has 0 atom stereocenters. The highest BCUT2D eigenvalue weighted by atomic mass is 16.3. The Hall–Kier alpha value is -4.01. The van der Waals surface area contributed by atoms with Crippen LogP contribution < -0.4 is 16.3 Å². The molecule has 0 saturated carbocycles. The summed E-state index contributed by atoms with van der Waals surface area (Å²) in [4.78, 5) is 44.1. The van der Waals surface area contributed by atoms with Gasteiger partial charge >= 0.3 is 0 Å². The molecule has 30 heavy (non-hydrogen) atoms. The number of fused-ring (bicyclic) bond motifs is 1. The molecule has 9 nitrogen and oxygen atoms in total. The fourth-order valence-electron chi connectivity index (χ4n) is 3.12. The molecule has 0 spiro atoms. The van der Waals surface area contributed by atoms with Gasteiger partial charge in [0, 0.05) is 23.9 Å². The summed E-state index contributed by atoms with van der Waals surface area (Å²) in [6.07, 6.45) is 1.47. The number of carbonyl (C=O) groups excluding carboxylic acids is 1. The summed E-state index contributed by atoms with van der Waals surface area (Å²) in [6.45, 7) is 3.74. The average molecular weight is 405 g/mol. The predicted molar refractivity (Wildman–Crippen MR) is 111 cm³/mol. The van der Waals surface area contributed by atoms with E-state index in [1.807, 2.05) is 6.92 Å². The molecule has 0 unspecified atom stereocenters. The minimum Gasteiger partial charge on any atom is -0.451 e. The van der Waals surface area contributed by atoms with Crippen molar-refractivity contribution in [2.45, 2.75) is 26.7 Å². The smallest absolute Gasteiger partial charge is 0.292 e. The number of hydrogen-bond donors (Lipinski definition) is 2. The Morgan fingerprint density at radius 3 is 2.80 bits per heavy atom. The molecular formula is C21H19N5O4. The van der Waals surface area contributed by atoms with Crippen LogP contribution >= 0.6 is 0 Å². The standard InChI is InChI=1S/C21H19N5O4/c1-3-6-13-10-19(28)24-21(22-13)26-18(9-12(2)25-26)23-20(29)17-11-15(27)14-7-4-5-8-16(14)30-17/h4-5,7-11H,3,6H2,1-2H3,(H,23,29)(H,22,24,28). The third-order valence-corrected chi connectivity index (χ3v) is 4.42. The van der Waals surface area contributed by atoms with Crippen molar-refractivity contribution in [1.29, 1.82) is 0 Å². The molecule has 0 aliphatic heterocycles. The van der Waals surface area contributed by atoms with Crippen LogP contribution in [0.4, 0.5) is 5.82 Å². The quantitative estimate of drug-likeness (QED) is 0.526. The molecule has 3 aromatic heterocycles. The molecule has 0 aliphatic carbocycles. The number of aromatic amines is 1. The molecule has 0 saturated heterocycles. The number of para-hydroxylation sites is 1. The second-order valence-corrected chi connectivity index (χ2v) is 6.82. The Labute approximate surface area is 170 Å². The Balaban J connectivity index is 1.71. The number of nitrogens with zero attached hydrogens (tertiary/aromatic N) is 3. The predicted octanol–water partition coefficient (Wildman–Crippen LogP) is 2.58. The van der Waals surface area contributed by atoms with Crippen LogP contribution in [0.1, 0.15) is 35.3 Å². The van der Waals surface area contributed by atoms with Crippen molar-refractivity contribution >= 4 is 22.7 Å². The van der Waals surface area contributed by atoms with Gasteiger partial charge < -0.3 is 9.73 Å². The number of aromatic nitrogens is 4. The molecule has 1 amide bonds. The van der Waals surface area contributed by atoms with Gasteiger partial charge in [-0.05, 0) is 25.5 Å². The lowest BCUT2D eigenvalue weighted by molar-refractivity contribution is 0.0996. The van der Waals surface area contributed by atoms with E-state index in [0.717, 1.165) is 12.5 Å². The van der Waals surface area contributed by atoms with Gasteiger partial charge in [0.15, 0.2) is 11.2 Å². The highest BCUT2D eigenvalue weighted by Crippen LogP contribution is 2.17. The Kier molecular flexibility index (Phi) is 5.01. The van der Waals surface area contributed by atoms with E-state index in [2.05, 4.69) is 20.4 Å². The van der Waals surface area contributed by atoms with Crippen LogP contribution in [-0.4, -0.2) is 25.7 Å². The first-order valence-electron chi connectivity index (χ1n) is 9.46. The fourth-order valence-corrected chi connectivity index (χ4v) is 3.12. The number of amides is 1. The van der Waals surface area contributed by atoms with Crippen LogP contribution in [0.2, 0.25) is 0 Å². The van der Waals surface area contributed by atoms with Crippen LogP contribution in [0.5, 0.6) is 0 Å². The van der Waals surface area contributed by atoms with Crippen molar-refractivity contribution in [3.63, 3.8) is 0 Å². The van der Waals surface area contributed by atoms with Crippen molar-refractivity contribution in [1.82, 2.24) is 19.7 Å². The molecular weight excluding hydrogens is 386 g/mol. The summed E-state index contributed by atoms with van der Waals surface area (Å²) >= 11 is 0. The normalized spacial score (nSPS) is 11.0. The number of H-pyrrole nitrogens is 1. The van der Waals surface area contributed by atoms with E-state index in [-0.39, 0.29) is 28.5 Å². The van der Waals surface area contributed by atoms with Crippen LogP contribution in [0.15, 0.2) is 56.5 Å². The average Bonchev–Trinajstić information content (AvgIpc) is 3.08. The number of rotatable bonds is 5. The largest absolute Gasteiger partial charge is 0.451 e. The van der Waals surface area contributed by atoms with Gasteiger partial charge in [0.25, 0.3) is 11.5 Å². The summed E-state index contributed by atoms with van der Waals surface area (Å²) in [6, 6.07) is 10.9. The number of nitrogens with one attached hydrogen (secondary N) is 2. The second-order valence-electron chi connectivity index (χ2n) is 6.82. The zero-order valence-corrected chi connectivity index (χ0v) is 16.4. The van der Waals surface area contributed by atoms with Crippen LogP contribution in [-0.2, 0) is 6.42 Å². The number of anilines is 1. The molecule has 0 aliphatic rings. The summed E-state index contributed by atoms with van der Waals surface area (Å²) in [7, 11) is 0. The van der Waals surface area contributed by atoms with Crippen LogP contribution in [0, 0.1) is 6.92 Å². The second kappa shape index (κ2) is 7.78. The van der Waals surface area contributed by atoms with Gasteiger partial charge in [-0.1, -0.05) is 25.5 Å². The van der Waals surface area contributed by atoms with E-state index in [1.54, 1.807) is 37.3 Å². The molecule has 4 aromatic rings. The minimum atomic E-state index is -0.619. The maximum absolute atomic E-state index is 12.8. The molecule has 9 heteroatoms. The SMILES string of the molecule is CCCc1cc(=O)[nH]c(-n2nc(C)cc2NC(=O)c2cc(=O)c3ccccc3o2)n1. The van der Waals surface area contributed by atoms with Gasteiger partial charge in [0.1, 0.15) is 11.4 Å². The molecule has 3 heterocycles. The Bertz CT molecular complexity index is 1370. The summed E-state index contributed by atoms with van der Waals surface area (Å²) in [5.74, 6) is -0.282. The number of benzene rings is 1. The van der Waals surface area contributed by atoms with Crippen molar-refractivity contribution in [3.05, 3.63) is 80.2 Å². The molecule has 152 valence electrons. The summed E-state index contributed by atoms with van der Waals surface area (Å²) in [5.41, 5.74) is 0.925. The van der Waals surface area contributed by atoms with Gasteiger partial charge in [-0.25, -0.2) is 4.98 Å². The number of aryl methyl sites for hydroxylation is 2. The lowest BCUT2D eigenvalue weighted by Gasteiger charge is -2.09. The highest BCUT2D eigenvalue weighted by molar-refractivity contribution is 6.02. The molecule has 1 aromatic carbocycles. The highest BCUT2D eigenvalue weighted by Gasteiger charge is 2.17. The van der Waals surface area contributed by atoms with Crippen molar-refractivity contribution in [3.8, 4) is 5.95 Å². The fraction of sp³-hybridized carbons (Fsp3) is 0.190. The third kappa shape index (κ3) is 3.77. The lowest BCUT2D eigenvalue weighted by atomic mass is 10.2. The van der Waals surface area contributed by atoms with E-state index < -0.39 is 5.91 Å². The molecule has 4 rings (SSSR count). The minimum absolute atomic E-state index is 0.134. The van der Waals surface area contributed by atoms with Gasteiger partial charge in [0.05, 0.1) is 11.1 Å². The zero-order valence-electron chi connectivity index (χ0n) is 16.4. The topological polar surface area (TPSA) is 123 Å². The molecule has 2 N–H and O–H groups in total. The van der Waals surface area contributed by atoms with Gasteiger partial charge in [-0.2, -0.15) is 9.78 Å². The van der Waals surface area contributed by atoms with E-state index in [9.17, 15) is 14.4 Å². The summed E-state index contributed by atoms with van der Waals surface area (Å²) < 4.78 is 6.92. The van der Waals surface area contributed by atoms with E-state index in [0.29, 0.717) is 28.8 Å². The van der Waals surface area contributed by atoms with Crippen molar-refractivity contribution in [2.24, 2.45) is 0 Å². The van der Waals surface area contributed by atoms with Crippen molar-refractivity contribution < 1.29 is 9.21 Å². The maximum atomic E-state index is 12.8. The molecule has 0 fully saturated rings. The molecule has 0 bridgehead atoms. The first-order chi connectivity index (χ1) is 14.4. The van der Waals surface area contributed by atoms with Gasteiger partial charge in [-0.3, -0.25) is 19.4 Å². The number of hydrogen-bond acceptors (Lipinski definition) is 6. The Morgan fingerprint density at radius 2 is 2.00 bits per heavy atom. The van der Waals surface area contributed by atoms with Gasteiger partial charge in [-0.15, -0.1) is 0 Å². The Morgan fingerprint density at radius 1 is 1.20 bits per heavy atom. The van der Waals surface area contributed by atoms with Crippen LogP contribution in [0.25, 0.3) is 16.9 Å². The van der Waals surface area contributed by atoms with Crippen LogP contribution in [0.3, 0.4) is 0 Å². The monoisotopic (exact) mass is 405 g/mol. The first-order valence-corrected chi connectivity index (χ1v) is 9.46. The van der Waals surface area contributed by atoms with Crippen molar-refractivity contribution in [2.75, 3.05) is 5.32 Å². The first kappa shape index (κ1) is 19.3. The van der Waals surface area contributed by atoms with E-state index >= 15 is 0 Å². The number of carbonyl (C=O) groups is 1. The van der Waals surface area contributed by atoms with E-state index in [4.69, 9.17) is 4.42 Å². The zero-order chi connectivity index (χ0) is 21.3. The van der Waals surface area contributed by atoms with E-state index in [1.165, 1.54) is 10.7 Å². The third-order valence-electron chi connectivity index (χ3n) is 4.42. The van der Waals surface area contributed by atoms with Gasteiger partial charge in [0.2, 0.25) is 5.95 Å². The lowest BCUT2D eigenvalue weighted by Crippen LogP contribution is -2.20.